The third-order valence-electron chi connectivity index (χ3n) is 4.40. The van der Waals surface area contributed by atoms with Gasteiger partial charge in [-0.1, -0.05) is 39.2 Å². The van der Waals surface area contributed by atoms with Crippen molar-refractivity contribution in [2.45, 2.75) is 64.7 Å². The van der Waals surface area contributed by atoms with Crippen LogP contribution in [0.4, 0.5) is 11.4 Å². The van der Waals surface area contributed by atoms with Gasteiger partial charge < -0.3 is 11.5 Å². The van der Waals surface area contributed by atoms with Gasteiger partial charge in [-0.2, -0.15) is 0 Å². The monoisotopic (exact) mass is 246 g/mol. The van der Waals surface area contributed by atoms with Gasteiger partial charge in [0, 0.05) is 16.9 Å². The van der Waals surface area contributed by atoms with Gasteiger partial charge in [0.15, 0.2) is 0 Å². The quantitative estimate of drug-likeness (QED) is 0.791. The van der Waals surface area contributed by atoms with Gasteiger partial charge in [-0.05, 0) is 42.7 Å². The van der Waals surface area contributed by atoms with E-state index in [4.69, 9.17) is 11.5 Å². The molecule has 1 aliphatic rings. The van der Waals surface area contributed by atoms with Gasteiger partial charge in [0.05, 0.1) is 0 Å². The highest BCUT2D eigenvalue weighted by atomic mass is 14.6. The van der Waals surface area contributed by atoms with Gasteiger partial charge in [-0.15, -0.1) is 0 Å². The number of nitrogens with two attached hydrogens (primary N) is 2. The first-order valence-corrected chi connectivity index (χ1v) is 7.38. The summed E-state index contributed by atoms with van der Waals surface area (Å²) in [5.74, 6) is 0.593. The van der Waals surface area contributed by atoms with Crippen LogP contribution >= 0.6 is 0 Å². The number of anilines is 2. The van der Waals surface area contributed by atoms with Crippen molar-refractivity contribution in [2.75, 3.05) is 11.5 Å². The van der Waals surface area contributed by atoms with Crippen molar-refractivity contribution in [3.8, 4) is 0 Å². The van der Waals surface area contributed by atoms with Gasteiger partial charge in [0.2, 0.25) is 0 Å². The predicted molar refractivity (Wildman–Crippen MR) is 79.8 cm³/mol. The lowest BCUT2D eigenvalue weighted by Gasteiger charge is -2.27. The van der Waals surface area contributed by atoms with Crippen LogP contribution in [0.1, 0.15) is 68.6 Å². The molecule has 0 amide bonds. The zero-order valence-corrected chi connectivity index (χ0v) is 11.8. The Labute approximate surface area is 111 Å². The fourth-order valence-corrected chi connectivity index (χ4v) is 3.27. The smallest absolute Gasteiger partial charge is 0.0402 e. The Hall–Kier alpha value is -1.18. The molecule has 1 aliphatic carbocycles. The summed E-state index contributed by atoms with van der Waals surface area (Å²) in [6, 6.07) is 2.21. The van der Waals surface area contributed by atoms with E-state index < -0.39 is 0 Å². The minimum Gasteiger partial charge on any atom is -0.398 e. The number of nitrogen functional groups attached to an aromatic ring is 2. The highest BCUT2D eigenvalue weighted by Gasteiger charge is 2.22. The fourth-order valence-electron chi connectivity index (χ4n) is 3.27. The second-order valence-corrected chi connectivity index (χ2v) is 5.48. The van der Waals surface area contributed by atoms with Crippen LogP contribution in [-0.4, -0.2) is 0 Å². The van der Waals surface area contributed by atoms with E-state index in [0.717, 1.165) is 24.2 Å². The Bertz CT molecular complexity index is 389. The lowest BCUT2D eigenvalue weighted by atomic mass is 9.80. The van der Waals surface area contributed by atoms with Crippen LogP contribution in [0, 0.1) is 0 Å². The molecule has 18 heavy (non-hydrogen) atoms. The average Bonchev–Trinajstić information content (AvgIpc) is 2.40. The zero-order valence-electron chi connectivity index (χ0n) is 11.8. The molecule has 1 aromatic carbocycles. The molecule has 0 bridgehead atoms. The maximum atomic E-state index is 6.37. The minimum absolute atomic E-state index is 0.593. The molecule has 0 aliphatic heterocycles. The van der Waals surface area contributed by atoms with Crippen LogP contribution in [0.15, 0.2) is 6.07 Å². The molecule has 2 heteroatoms. The van der Waals surface area contributed by atoms with E-state index in [2.05, 4.69) is 19.9 Å². The van der Waals surface area contributed by atoms with Crippen molar-refractivity contribution in [1.82, 2.24) is 0 Å². The summed E-state index contributed by atoms with van der Waals surface area (Å²) in [6.07, 6.45) is 8.51. The lowest BCUT2D eigenvalue weighted by molar-refractivity contribution is 0.445. The number of hydrogen-bond donors (Lipinski definition) is 2. The van der Waals surface area contributed by atoms with E-state index in [1.807, 2.05) is 0 Å². The first-order chi connectivity index (χ1) is 8.69. The van der Waals surface area contributed by atoms with Gasteiger partial charge >= 0.3 is 0 Å². The maximum Gasteiger partial charge on any atom is 0.0402 e. The molecule has 0 aromatic heterocycles. The summed E-state index contributed by atoms with van der Waals surface area (Å²) in [4.78, 5) is 0. The molecule has 2 nitrogen and oxygen atoms in total. The normalized spacial score (nSPS) is 17.0. The fraction of sp³-hybridized carbons (Fsp3) is 0.625. The molecule has 0 spiro atoms. The Morgan fingerprint density at radius 2 is 1.44 bits per heavy atom. The van der Waals surface area contributed by atoms with Crippen molar-refractivity contribution >= 4 is 11.4 Å². The highest BCUT2D eigenvalue weighted by Crippen LogP contribution is 2.41. The van der Waals surface area contributed by atoms with E-state index in [9.17, 15) is 0 Å². The standard InChI is InChI=1S/C16H26N2/c1-3-11-10-12(4-2)16(18)14(15(11)17)13-8-6-5-7-9-13/h10,13H,3-9,17-18H2,1-2H3. The van der Waals surface area contributed by atoms with Crippen molar-refractivity contribution < 1.29 is 0 Å². The van der Waals surface area contributed by atoms with Crippen molar-refractivity contribution in [1.29, 1.82) is 0 Å². The zero-order chi connectivity index (χ0) is 13.1. The molecule has 0 saturated heterocycles. The predicted octanol–water partition coefficient (Wildman–Crippen LogP) is 4.02. The van der Waals surface area contributed by atoms with E-state index in [1.165, 1.54) is 48.8 Å². The number of hydrogen-bond acceptors (Lipinski definition) is 2. The number of rotatable bonds is 3. The molecule has 2 rings (SSSR count). The second-order valence-electron chi connectivity index (χ2n) is 5.48. The van der Waals surface area contributed by atoms with Gasteiger partial charge in [0.1, 0.15) is 0 Å². The van der Waals surface area contributed by atoms with Crippen LogP contribution < -0.4 is 11.5 Å². The molecular weight excluding hydrogens is 220 g/mol. The summed E-state index contributed by atoms with van der Waals surface area (Å²) in [5, 5.41) is 0. The molecule has 100 valence electrons. The van der Waals surface area contributed by atoms with E-state index in [0.29, 0.717) is 5.92 Å². The van der Waals surface area contributed by atoms with E-state index in [1.54, 1.807) is 0 Å². The van der Waals surface area contributed by atoms with Crippen LogP contribution in [0.3, 0.4) is 0 Å². The number of benzene rings is 1. The van der Waals surface area contributed by atoms with Crippen LogP contribution in [0.5, 0.6) is 0 Å². The summed E-state index contributed by atoms with van der Waals surface area (Å²) in [6.45, 7) is 4.35. The Morgan fingerprint density at radius 1 is 0.944 bits per heavy atom. The molecule has 0 atom stereocenters. The Balaban J connectivity index is 2.48. The van der Waals surface area contributed by atoms with Crippen molar-refractivity contribution in [2.24, 2.45) is 0 Å². The minimum atomic E-state index is 0.593. The molecule has 1 fully saturated rings. The molecule has 0 heterocycles. The third kappa shape index (κ3) is 2.33. The Kier molecular flexibility index (Phi) is 4.15. The first kappa shape index (κ1) is 13.3. The first-order valence-electron chi connectivity index (χ1n) is 7.38. The molecule has 0 radical (unpaired) electrons. The molecule has 0 unspecified atom stereocenters. The topological polar surface area (TPSA) is 52.0 Å². The summed E-state index contributed by atoms with van der Waals surface area (Å²) in [7, 11) is 0. The van der Waals surface area contributed by atoms with Crippen molar-refractivity contribution in [3.05, 3.63) is 22.8 Å². The third-order valence-corrected chi connectivity index (χ3v) is 4.40. The molecule has 1 aromatic rings. The van der Waals surface area contributed by atoms with Crippen LogP contribution in [0.2, 0.25) is 0 Å². The van der Waals surface area contributed by atoms with Crippen LogP contribution in [-0.2, 0) is 12.8 Å². The SMILES string of the molecule is CCc1cc(CC)c(N)c(C2CCCCC2)c1N. The van der Waals surface area contributed by atoms with Gasteiger partial charge in [-0.25, -0.2) is 0 Å². The lowest BCUT2D eigenvalue weighted by Crippen LogP contribution is -2.13. The average molecular weight is 246 g/mol. The molecule has 4 N–H and O–H groups in total. The summed E-state index contributed by atoms with van der Waals surface area (Å²) in [5.41, 5.74) is 18.5. The highest BCUT2D eigenvalue weighted by molar-refractivity contribution is 5.70. The second kappa shape index (κ2) is 5.64. The summed E-state index contributed by atoms with van der Waals surface area (Å²) >= 11 is 0. The maximum absolute atomic E-state index is 6.37. The van der Waals surface area contributed by atoms with E-state index >= 15 is 0 Å². The van der Waals surface area contributed by atoms with E-state index in [-0.39, 0.29) is 0 Å². The molecule has 1 saturated carbocycles. The Morgan fingerprint density at radius 3 is 1.89 bits per heavy atom. The van der Waals surface area contributed by atoms with Crippen molar-refractivity contribution in [3.63, 3.8) is 0 Å². The van der Waals surface area contributed by atoms with Crippen LogP contribution in [0.25, 0.3) is 0 Å². The largest absolute Gasteiger partial charge is 0.398 e. The molecular formula is C16H26N2. The van der Waals surface area contributed by atoms with Gasteiger partial charge in [-0.3, -0.25) is 0 Å². The van der Waals surface area contributed by atoms with Gasteiger partial charge in [0.25, 0.3) is 0 Å². The summed E-state index contributed by atoms with van der Waals surface area (Å²) < 4.78 is 0. The number of aryl methyl sites for hydroxylation is 2.